The second-order valence-corrected chi connectivity index (χ2v) is 5.24. The zero-order valence-electron chi connectivity index (χ0n) is 11.9. The van der Waals surface area contributed by atoms with E-state index >= 15 is 0 Å². The molecule has 0 bridgehead atoms. The molecule has 2 N–H and O–H groups in total. The second kappa shape index (κ2) is 6.70. The number of hydrogen-bond donors (Lipinski definition) is 2. The van der Waals surface area contributed by atoms with Gasteiger partial charge in [-0.25, -0.2) is 9.78 Å². The molecule has 1 aliphatic rings. The monoisotopic (exact) mass is 278 g/mol. The van der Waals surface area contributed by atoms with Crippen molar-refractivity contribution < 1.29 is 15.0 Å². The molecule has 0 aliphatic carbocycles. The van der Waals surface area contributed by atoms with Crippen LogP contribution in [0.3, 0.4) is 0 Å². The maximum atomic E-state index is 11.2. The number of aromatic carboxylic acids is 1. The summed E-state index contributed by atoms with van der Waals surface area (Å²) in [5.74, 6) is -0.249. The Balaban J connectivity index is 2.37. The van der Waals surface area contributed by atoms with Crippen LogP contribution in [0.1, 0.15) is 48.7 Å². The fourth-order valence-corrected chi connectivity index (χ4v) is 2.69. The first-order chi connectivity index (χ1) is 9.65. The molecule has 1 atom stereocenters. The number of nitrogens with zero attached hydrogens (tertiary/aromatic N) is 2. The van der Waals surface area contributed by atoms with E-state index in [0.29, 0.717) is 12.2 Å². The van der Waals surface area contributed by atoms with Gasteiger partial charge in [-0.05, 0) is 31.4 Å². The molecule has 5 heteroatoms. The maximum Gasteiger partial charge on any atom is 0.335 e. The number of carbonyl (C=O) groups is 1. The molecule has 1 unspecified atom stereocenters. The highest BCUT2D eigenvalue weighted by atomic mass is 16.4. The minimum Gasteiger partial charge on any atom is -0.478 e. The molecule has 20 heavy (non-hydrogen) atoms. The van der Waals surface area contributed by atoms with Gasteiger partial charge in [0.25, 0.3) is 0 Å². The lowest BCUT2D eigenvalue weighted by Gasteiger charge is -2.30. The van der Waals surface area contributed by atoms with E-state index in [-0.39, 0.29) is 18.2 Å². The van der Waals surface area contributed by atoms with Crippen molar-refractivity contribution in [1.29, 1.82) is 0 Å². The lowest BCUT2D eigenvalue weighted by Crippen LogP contribution is -2.38. The van der Waals surface area contributed by atoms with Gasteiger partial charge in [-0.2, -0.15) is 0 Å². The molecule has 0 saturated carbocycles. The van der Waals surface area contributed by atoms with Crippen molar-refractivity contribution in [2.75, 3.05) is 18.1 Å². The third-order valence-electron chi connectivity index (χ3n) is 3.86. The van der Waals surface area contributed by atoms with Gasteiger partial charge >= 0.3 is 5.97 Å². The first-order valence-electron chi connectivity index (χ1n) is 7.27. The van der Waals surface area contributed by atoms with Gasteiger partial charge in [0, 0.05) is 12.2 Å². The van der Waals surface area contributed by atoms with Gasteiger partial charge in [0.05, 0.1) is 18.2 Å². The normalized spacial score (nSPS) is 19.7. The van der Waals surface area contributed by atoms with Crippen molar-refractivity contribution in [3.8, 4) is 0 Å². The van der Waals surface area contributed by atoms with Crippen LogP contribution in [0.25, 0.3) is 0 Å². The van der Waals surface area contributed by atoms with E-state index in [1.165, 1.54) is 0 Å². The van der Waals surface area contributed by atoms with Crippen LogP contribution in [0.5, 0.6) is 0 Å². The molecule has 1 aliphatic heterocycles. The fraction of sp³-hybridized carbons (Fsp3) is 0.600. The molecule has 1 aromatic rings. The van der Waals surface area contributed by atoms with Crippen LogP contribution in [0.15, 0.2) is 12.1 Å². The van der Waals surface area contributed by atoms with E-state index in [2.05, 4.69) is 9.88 Å². The SMILES string of the molecule is CCc1cc(C(=O)O)cc(N2CCCCCC2CO)n1. The molecule has 0 amide bonds. The zero-order valence-corrected chi connectivity index (χ0v) is 11.9. The van der Waals surface area contributed by atoms with Crippen molar-refractivity contribution in [1.82, 2.24) is 4.98 Å². The smallest absolute Gasteiger partial charge is 0.335 e. The molecule has 2 rings (SSSR count). The number of rotatable bonds is 4. The van der Waals surface area contributed by atoms with Crippen molar-refractivity contribution in [2.45, 2.75) is 45.1 Å². The Bertz CT molecular complexity index is 476. The molecule has 110 valence electrons. The Kier molecular flexibility index (Phi) is 4.95. The molecular formula is C15H22N2O3. The minimum atomic E-state index is -0.932. The van der Waals surface area contributed by atoms with Crippen molar-refractivity contribution in [3.05, 3.63) is 23.4 Å². The molecule has 1 aromatic heterocycles. The van der Waals surface area contributed by atoms with Crippen LogP contribution in [-0.2, 0) is 6.42 Å². The van der Waals surface area contributed by atoms with E-state index in [1.807, 2.05) is 6.92 Å². The summed E-state index contributed by atoms with van der Waals surface area (Å²) in [4.78, 5) is 17.8. The summed E-state index contributed by atoms with van der Waals surface area (Å²) in [5.41, 5.74) is 1.05. The fourth-order valence-electron chi connectivity index (χ4n) is 2.69. The predicted octanol–water partition coefficient (Wildman–Crippen LogP) is 2.08. The van der Waals surface area contributed by atoms with Gasteiger partial charge in [-0.15, -0.1) is 0 Å². The number of carboxylic acid groups (broad SMARTS) is 1. The van der Waals surface area contributed by atoms with Gasteiger partial charge in [-0.3, -0.25) is 0 Å². The highest BCUT2D eigenvalue weighted by Gasteiger charge is 2.22. The van der Waals surface area contributed by atoms with Crippen LogP contribution in [-0.4, -0.2) is 40.4 Å². The van der Waals surface area contributed by atoms with Gasteiger partial charge in [-0.1, -0.05) is 19.8 Å². The lowest BCUT2D eigenvalue weighted by atomic mass is 10.1. The van der Waals surface area contributed by atoms with Gasteiger partial charge < -0.3 is 15.1 Å². The van der Waals surface area contributed by atoms with Crippen molar-refractivity contribution in [2.24, 2.45) is 0 Å². The van der Waals surface area contributed by atoms with E-state index in [4.69, 9.17) is 0 Å². The predicted molar refractivity (Wildman–Crippen MR) is 77.3 cm³/mol. The van der Waals surface area contributed by atoms with Crippen LogP contribution in [0, 0.1) is 0 Å². The van der Waals surface area contributed by atoms with Gasteiger partial charge in [0.1, 0.15) is 5.82 Å². The Morgan fingerprint density at radius 2 is 2.20 bits per heavy atom. The quantitative estimate of drug-likeness (QED) is 0.882. The summed E-state index contributed by atoms with van der Waals surface area (Å²) in [6, 6.07) is 3.28. The number of aliphatic hydroxyl groups excluding tert-OH is 1. The number of carboxylic acids is 1. The van der Waals surface area contributed by atoms with E-state index < -0.39 is 5.97 Å². The first-order valence-corrected chi connectivity index (χ1v) is 7.27. The summed E-state index contributed by atoms with van der Waals surface area (Å²) in [5, 5.41) is 18.8. The summed E-state index contributed by atoms with van der Waals surface area (Å²) in [7, 11) is 0. The molecule has 1 fully saturated rings. The Hall–Kier alpha value is -1.62. The summed E-state index contributed by atoms with van der Waals surface area (Å²) in [6.45, 7) is 2.87. The Labute approximate surface area is 119 Å². The maximum absolute atomic E-state index is 11.2. The highest BCUT2D eigenvalue weighted by Crippen LogP contribution is 2.24. The molecule has 5 nitrogen and oxygen atoms in total. The molecule has 2 heterocycles. The molecule has 0 spiro atoms. The molecular weight excluding hydrogens is 256 g/mol. The Morgan fingerprint density at radius 3 is 2.85 bits per heavy atom. The van der Waals surface area contributed by atoms with Gasteiger partial charge in [0.2, 0.25) is 0 Å². The standard InChI is InChI=1S/C15H22N2O3/c1-2-12-8-11(15(19)20)9-14(16-12)17-7-5-3-4-6-13(17)10-18/h8-9,13,18H,2-7,10H2,1H3,(H,19,20). The largest absolute Gasteiger partial charge is 0.478 e. The highest BCUT2D eigenvalue weighted by molar-refractivity contribution is 5.88. The summed E-state index contributed by atoms with van der Waals surface area (Å²) < 4.78 is 0. The zero-order chi connectivity index (χ0) is 14.5. The van der Waals surface area contributed by atoms with Crippen LogP contribution < -0.4 is 4.90 Å². The molecule has 1 saturated heterocycles. The van der Waals surface area contributed by atoms with Crippen molar-refractivity contribution >= 4 is 11.8 Å². The van der Waals surface area contributed by atoms with E-state index in [0.717, 1.165) is 37.9 Å². The lowest BCUT2D eigenvalue weighted by molar-refractivity contribution is 0.0696. The first kappa shape index (κ1) is 14.8. The number of aryl methyl sites for hydroxylation is 1. The number of aromatic nitrogens is 1. The average molecular weight is 278 g/mol. The summed E-state index contributed by atoms with van der Waals surface area (Å²) >= 11 is 0. The van der Waals surface area contributed by atoms with Crippen LogP contribution >= 0.6 is 0 Å². The minimum absolute atomic E-state index is 0.0405. The summed E-state index contributed by atoms with van der Waals surface area (Å²) in [6.07, 6.45) is 4.92. The van der Waals surface area contributed by atoms with E-state index in [1.54, 1.807) is 12.1 Å². The Morgan fingerprint density at radius 1 is 1.40 bits per heavy atom. The van der Waals surface area contributed by atoms with E-state index in [9.17, 15) is 15.0 Å². The number of aliphatic hydroxyl groups is 1. The van der Waals surface area contributed by atoms with Crippen molar-refractivity contribution in [3.63, 3.8) is 0 Å². The molecule has 0 aromatic carbocycles. The van der Waals surface area contributed by atoms with Crippen LogP contribution in [0.4, 0.5) is 5.82 Å². The number of hydrogen-bond acceptors (Lipinski definition) is 4. The third kappa shape index (κ3) is 3.28. The van der Waals surface area contributed by atoms with Crippen LogP contribution in [0.2, 0.25) is 0 Å². The number of anilines is 1. The third-order valence-corrected chi connectivity index (χ3v) is 3.86. The average Bonchev–Trinajstić information content (AvgIpc) is 2.71. The molecule has 0 radical (unpaired) electrons. The number of pyridine rings is 1. The topological polar surface area (TPSA) is 73.7 Å². The second-order valence-electron chi connectivity index (χ2n) is 5.24. The van der Waals surface area contributed by atoms with Gasteiger partial charge in [0.15, 0.2) is 0 Å².